The SMILES string of the molecule is CCCCNC(=O)C(C)C[C@H](O)[C@H](CC(C)(C)CCO[Si](C(C)C)(C(C)C)C(C)C)NC(=O)OC(C)(C)C. The van der Waals surface area contributed by atoms with Crippen molar-refractivity contribution in [1.29, 1.82) is 0 Å². The number of rotatable bonds is 17. The Kier molecular flexibility index (Phi) is 15.7. The number of aliphatic hydroxyl groups excluding tert-OH is 1. The summed E-state index contributed by atoms with van der Waals surface area (Å²) in [5, 5.41) is 17.1. The van der Waals surface area contributed by atoms with E-state index in [0.29, 0.717) is 36.2 Å². The van der Waals surface area contributed by atoms with Crippen molar-refractivity contribution in [2.75, 3.05) is 13.2 Å². The summed E-state index contributed by atoms with van der Waals surface area (Å²) in [4.78, 5) is 25.2. The molecular weight excluding hydrogens is 496 g/mol. The van der Waals surface area contributed by atoms with Crippen molar-refractivity contribution in [3.8, 4) is 0 Å². The fourth-order valence-corrected chi connectivity index (χ4v) is 11.1. The first kappa shape index (κ1) is 36.9. The average Bonchev–Trinajstić information content (AvgIpc) is 2.73. The standard InChI is InChI=1S/C30H62N2O5Si/c1-14-15-17-31-27(34)24(8)19-26(33)25(32-28(35)37-29(9,10)11)20-30(12,13)16-18-36-38(21(2)3,22(4)5)23(6)7/h21-26,33H,14-20H2,1-13H3,(H,31,34)(H,32,35)/t24?,25-,26-/m0/s1. The zero-order chi connectivity index (χ0) is 29.9. The van der Waals surface area contributed by atoms with E-state index in [0.717, 1.165) is 19.3 Å². The molecule has 1 unspecified atom stereocenters. The molecule has 0 aliphatic rings. The number of hydrogen-bond donors (Lipinski definition) is 3. The van der Waals surface area contributed by atoms with Crippen LogP contribution in [0.15, 0.2) is 0 Å². The lowest BCUT2D eigenvalue weighted by atomic mass is 9.80. The Morgan fingerprint density at radius 1 is 0.921 bits per heavy atom. The number of hydrogen-bond acceptors (Lipinski definition) is 5. The first-order valence-corrected chi connectivity index (χ1v) is 17.0. The molecule has 2 amide bonds. The van der Waals surface area contributed by atoms with Gasteiger partial charge >= 0.3 is 6.09 Å². The summed E-state index contributed by atoms with van der Waals surface area (Å²) in [6.45, 7) is 28.6. The third-order valence-electron chi connectivity index (χ3n) is 7.65. The van der Waals surface area contributed by atoms with Crippen molar-refractivity contribution in [3.63, 3.8) is 0 Å². The first-order valence-electron chi connectivity index (χ1n) is 14.9. The number of unbranched alkanes of at least 4 members (excludes halogenated alkanes) is 1. The molecule has 0 bridgehead atoms. The van der Waals surface area contributed by atoms with E-state index in [1.165, 1.54) is 0 Å². The van der Waals surface area contributed by atoms with E-state index in [1.807, 2.05) is 27.7 Å². The summed E-state index contributed by atoms with van der Waals surface area (Å²) in [6.07, 6.45) is 2.10. The van der Waals surface area contributed by atoms with Crippen LogP contribution >= 0.6 is 0 Å². The van der Waals surface area contributed by atoms with E-state index in [9.17, 15) is 14.7 Å². The molecule has 0 rings (SSSR count). The largest absolute Gasteiger partial charge is 0.444 e. The van der Waals surface area contributed by atoms with Crippen LogP contribution in [-0.2, 0) is 14.0 Å². The van der Waals surface area contributed by atoms with Gasteiger partial charge in [0.25, 0.3) is 0 Å². The molecule has 0 heterocycles. The van der Waals surface area contributed by atoms with Crippen LogP contribution in [0.2, 0.25) is 16.6 Å². The summed E-state index contributed by atoms with van der Waals surface area (Å²) >= 11 is 0. The predicted molar refractivity (Wildman–Crippen MR) is 161 cm³/mol. The zero-order valence-corrected chi connectivity index (χ0v) is 28.0. The average molecular weight is 559 g/mol. The Morgan fingerprint density at radius 3 is 1.89 bits per heavy atom. The Morgan fingerprint density at radius 2 is 1.45 bits per heavy atom. The highest BCUT2D eigenvalue weighted by Gasteiger charge is 2.45. The van der Waals surface area contributed by atoms with Crippen LogP contribution in [0.1, 0.15) is 122 Å². The summed E-state index contributed by atoms with van der Waals surface area (Å²) in [6, 6.07) is -0.548. The molecule has 0 aliphatic heterocycles. The number of carbonyl (C=O) groups is 2. The normalized spacial score (nSPS) is 15.5. The van der Waals surface area contributed by atoms with Gasteiger partial charge in [0.05, 0.1) is 12.1 Å². The number of ether oxygens (including phenoxy) is 1. The molecule has 0 spiro atoms. The molecule has 226 valence electrons. The van der Waals surface area contributed by atoms with Gasteiger partial charge in [-0.15, -0.1) is 0 Å². The van der Waals surface area contributed by atoms with Crippen LogP contribution in [0.4, 0.5) is 4.79 Å². The lowest BCUT2D eigenvalue weighted by Gasteiger charge is -2.43. The topological polar surface area (TPSA) is 96.9 Å². The van der Waals surface area contributed by atoms with Gasteiger partial charge in [0.15, 0.2) is 8.32 Å². The van der Waals surface area contributed by atoms with Gasteiger partial charge in [0.2, 0.25) is 5.91 Å². The number of alkyl carbamates (subject to hydrolysis) is 1. The van der Waals surface area contributed by atoms with Crippen molar-refractivity contribution in [2.24, 2.45) is 11.3 Å². The van der Waals surface area contributed by atoms with E-state index in [2.05, 4.69) is 72.9 Å². The molecule has 0 fully saturated rings. The van der Waals surface area contributed by atoms with E-state index in [4.69, 9.17) is 9.16 Å². The summed E-state index contributed by atoms with van der Waals surface area (Å²) < 4.78 is 12.3. The third-order valence-corrected chi connectivity index (χ3v) is 13.8. The maximum Gasteiger partial charge on any atom is 0.407 e. The molecule has 7 nitrogen and oxygen atoms in total. The van der Waals surface area contributed by atoms with Crippen LogP contribution in [0.5, 0.6) is 0 Å². The highest BCUT2D eigenvalue weighted by atomic mass is 28.4. The number of aliphatic hydroxyl groups is 1. The molecule has 0 aromatic rings. The van der Waals surface area contributed by atoms with Crippen molar-refractivity contribution >= 4 is 20.3 Å². The smallest absolute Gasteiger partial charge is 0.407 e. The monoisotopic (exact) mass is 558 g/mol. The van der Waals surface area contributed by atoms with Crippen LogP contribution in [0.3, 0.4) is 0 Å². The van der Waals surface area contributed by atoms with Crippen molar-refractivity contribution in [2.45, 2.75) is 156 Å². The lowest BCUT2D eigenvalue weighted by molar-refractivity contribution is -0.125. The van der Waals surface area contributed by atoms with Crippen LogP contribution in [-0.4, -0.2) is 56.3 Å². The Labute approximate surface area is 235 Å². The summed E-state index contributed by atoms with van der Waals surface area (Å²) in [7, 11) is -1.97. The summed E-state index contributed by atoms with van der Waals surface area (Å²) in [5.74, 6) is -0.440. The van der Waals surface area contributed by atoms with Gasteiger partial charge in [0.1, 0.15) is 5.60 Å². The van der Waals surface area contributed by atoms with Crippen LogP contribution in [0.25, 0.3) is 0 Å². The minimum absolute atomic E-state index is 0.0708. The third kappa shape index (κ3) is 12.8. The fraction of sp³-hybridized carbons (Fsp3) is 0.933. The van der Waals surface area contributed by atoms with Crippen molar-refractivity contribution in [3.05, 3.63) is 0 Å². The number of amides is 2. The van der Waals surface area contributed by atoms with Gasteiger partial charge in [-0.3, -0.25) is 4.79 Å². The molecule has 38 heavy (non-hydrogen) atoms. The van der Waals surface area contributed by atoms with E-state index >= 15 is 0 Å². The molecule has 0 aromatic heterocycles. The fourth-order valence-electron chi connectivity index (χ4n) is 5.64. The Bertz CT molecular complexity index is 681. The van der Waals surface area contributed by atoms with E-state index in [1.54, 1.807) is 0 Å². The van der Waals surface area contributed by atoms with Crippen LogP contribution < -0.4 is 10.6 Å². The molecule has 0 saturated carbocycles. The summed E-state index contributed by atoms with van der Waals surface area (Å²) in [5.41, 5.74) is 0.684. The number of nitrogens with one attached hydrogen (secondary N) is 2. The maximum atomic E-state index is 12.7. The highest BCUT2D eigenvalue weighted by molar-refractivity contribution is 6.77. The highest BCUT2D eigenvalue weighted by Crippen LogP contribution is 2.43. The zero-order valence-electron chi connectivity index (χ0n) is 27.0. The van der Waals surface area contributed by atoms with Gasteiger partial charge < -0.3 is 24.9 Å². The minimum Gasteiger partial charge on any atom is -0.444 e. The van der Waals surface area contributed by atoms with Gasteiger partial charge in [-0.25, -0.2) is 4.79 Å². The predicted octanol–water partition coefficient (Wildman–Crippen LogP) is 7.18. The Hall–Kier alpha value is -1.12. The second-order valence-corrected chi connectivity index (χ2v) is 19.3. The maximum absolute atomic E-state index is 12.7. The number of carbonyl (C=O) groups excluding carboxylic acids is 2. The molecule has 0 saturated heterocycles. The van der Waals surface area contributed by atoms with Crippen LogP contribution in [0, 0.1) is 11.3 Å². The van der Waals surface area contributed by atoms with Gasteiger partial charge in [-0.05, 0) is 68.5 Å². The van der Waals surface area contributed by atoms with Crippen molar-refractivity contribution < 1.29 is 23.9 Å². The molecule has 3 atom stereocenters. The van der Waals surface area contributed by atoms with Gasteiger partial charge in [-0.1, -0.05) is 75.7 Å². The molecule has 3 N–H and O–H groups in total. The molecule has 0 aromatic carbocycles. The second-order valence-electron chi connectivity index (χ2n) is 13.9. The van der Waals surface area contributed by atoms with E-state index < -0.39 is 32.2 Å². The molecule has 8 heteroatoms. The minimum atomic E-state index is -1.97. The molecular formula is C30H62N2O5Si. The van der Waals surface area contributed by atoms with Gasteiger partial charge in [-0.2, -0.15) is 0 Å². The quantitative estimate of drug-likeness (QED) is 0.130. The molecule has 0 aliphatic carbocycles. The first-order chi connectivity index (χ1) is 17.3. The van der Waals surface area contributed by atoms with Crippen molar-refractivity contribution in [1.82, 2.24) is 10.6 Å². The lowest BCUT2D eigenvalue weighted by Crippen LogP contribution is -2.49. The second kappa shape index (κ2) is 16.2. The van der Waals surface area contributed by atoms with Gasteiger partial charge in [0, 0.05) is 19.1 Å². The Balaban J connectivity index is 5.54. The van der Waals surface area contributed by atoms with E-state index in [-0.39, 0.29) is 23.7 Å². The molecule has 0 radical (unpaired) electrons.